The number of aliphatic imine (C=N–C) groups is 1. The van der Waals surface area contributed by atoms with Gasteiger partial charge in [0.25, 0.3) is 0 Å². The second-order valence-electron chi connectivity index (χ2n) is 1.65. The fourth-order valence-corrected chi connectivity index (χ4v) is 1.10. The number of thioether (sulfide) groups is 1. The second kappa shape index (κ2) is 5.20. The van der Waals surface area contributed by atoms with Crippen molar-refractivity contribution < 1.29 is 0 Å². The van der Waals surface area contributed by atoms with Crippen molar-refractivity contribution in [3.05, 3.63) is 11.1 Å². The van der Waals surface area contributed by atoms with Crippen molar-refractivity contribution in [2.24, 2.45) is 16.5 Å². The fourth-order valence-electron chi connectivity index (χ4n) is 0.296. The molecule has 0 amide bonds. The molecule has 0 unspecified atom stereocenters. The number of hydrogen-bond acceptors (Lipinski definition) is 2. The Morgan fingerprint density at radius 1 is 1.64 bits per heavy atom. The van der Waals surface area contributed by atoms with Gasteiger partial charge in [-0.1, -0.05) is 34.3 Å². The van der Waals surface area contributed by atoms with E-state index in [-0.39, 0.29) is 11.1 Å². The Hall–Kier alpha value is -0.490. The Labute approximate surface area is 77.8 Å². The minimum atomic E-state index is -0.0947. The molecule has 0 heterocycles. The molecule has 5 N–H and O–H groups in total. The molecule has 0 aliphatic heterocycles. The van der Waals surface area contributed by atoms with Crippen LogP contribution in [-0.4, -0.2) is 16.9 Å². The summed E-state index contributed by atoms with van der Waals surface area (Å²) in [6.45, 7) is 3.59. The first kappa shape index (κ1) is 10.5. The molecule has 0 bridgehead atoms. The summed E-state index contributed by atoms with van der Waals surface area (Å²) in [5.41, 5.74) is 10.1. The first-order valence-corrected chi connectivity index (χ1v) is 4.44. The number of nitrogens with zero attached hydrogens (tertiary/aromatic N) is 1. The summed E-state index contributed by atoms with van der Waals surface area (Å²) >= 11 is 4.35. The lowest BCUT2D eigenvalue weighted by Gasteiger charge is -1.96. The molecule has 0 aliphatic rings. The van der Waals surface area contributed by atoms with Gasteiger partial charge in [-0.25, -0.2) is 0 Å². The smallest absolute Gasteiger partial charge is 0.193 e. The van der Waals surface area contributed by atoms with Crippen LogP contribution in [0.4, 0.5) is 0 Å². The third kappa shape index (κ3) is 7.41. The first-order valence-electron chi connectivity index (χ1n) is 2.66. The molecule has 0 fully saturated rings. The average Bonchev–Trinajstić information content (AvgIpc) is 1.82. The average molecular weight is 237 g/mol. The summed E-state index contributed by atoms with van der Waals surface area (Å²) in [5, 5.41) is 7.25. The van der Waals surface area contributed by atoms with E-state index < -0.39 is 0 Å². The zero-order chi connectivity index (χ0) is 8.85. The highest BCUT2D eigenvalue weighted by molar-refractivity contribution is 9.11. The normalized spacial score (nSPS) is 8.82. The molecule has 0 atom stereocenters. The SMILES string of the molecule is C=C(Br)CSC(=N)N=C(N)N. The van der Waals surface area contributed by atoms with Gasteiger partial charge in [-0.15, -0.1) is 0 Å². The monoisotopic (exact) mass is 236 g/mol. The van der Waals surface area contributed by atoms with Crippen molar-refractivity contribution in [1.82, 2.24) is 0 Å². The summed E-state index contributed by atoms with van der Waals surface area (Å²) in [5.74, 6) is 0.498. The second-order valence-corrected chi connectivity index (χ2v) is 3.73. The van der Waals surface area contributed by atoms with Gasteiger partial charge >= 0.3 is 0 Å². The molecule has 6 heteroatoms. The third-order valence-corrected chi connectivity index (χ3v) is 2.11. The van der Waals surface area contributed by atoms with Crippen LogP contribution in [0.5, 0.6) is 0 Å². The molecule has 0 aromatic carbocycles. The van der Waals surface area contributed by atoms with Crippen LogP contribution < -0.4 is 11.5 Å². The largest absolute Gasteiger partial charge is 0.370 e. The predicted molar refractivity (Wildman–Crippen MR) is 54.1 cm³/mol. The van der Waals surface area contributed by atoms with Crippen molar-refractivity contribution in [2.75, 3.05) is 5.75 Å². The van der Waals surface area contributed by atoms with Crippen LogP contribution in [0.15, 0.2) is 16.1 Å². The molecule has 0 aromatic heterocycles. The van der Waals surface area contributed by atoms with E-state index in [1.807, 2.05) is 0 Å². The standard InChI is InChI=1S/C5H9BrN4S/c1-3(6)2-11-5(9)10-4(7)8/h1-2H2,(H5,7,8,9,10). The Morgan fingerprint density at radius 2 is 2.18 bits per heavy atom. The van der Waals surface area contributed by atoms with E-state index in [0.29, 0.717) is 5.75 Å². The van der Waals surface area contributed by atoms with Crippen molar-refractivity contribution >= 4 is 38.8 Å². The Balaban J connectivity index is 3.71. The fraction of sp³-hybridized carbons (Fsp3) is 0.200. The number of nitrogens with two attached hydrogens (primary N) is 2. The summed E-state index contributed by atoms with van der Waals surface area (Å²) in [6.07, 6.45) is 0. The molecule has 0 spiro atoms. The highest BCUT2D eigenvalue weighted by atomic mass is 79.9. The van der Waals surface area contributed by atoms with Crippen molar-refractivity contribution in [3.8, 4) is 0 Å². The summed E-state index contributed by atoms with van der Waals surface area (Å²) in [7, 11) is 0. The molecular formula is C5H9BrN4S. The molecule has 0 radical (unpaired) electrons. The van der Waals surface area contributed by atoms with Crippen LogP contribution in [0.2, 0.25) is 0 Å². The lowest BCUT2D eigenvalue weighted by molar-refractivity contribution is 1.44. The lowest BCUT2D eigenvalue weighted by Crippen LogP contribution is -2.23. The maximum atomic E-state index is 7.17. The molecule has 62 valence electrons. The molecule has 0 saturated heterocycles. The molecular weight excluding hydrogens is 228 g/mol. The van der Waals surface area contributed by atoms with E-state index in [1.54, 1.807) is 0 Å². The first-order chi connectivity index (χ1) is 5.02. The van der Waals surface area contributed by atoms with E-state index >= 15 is 0 Å². The van der Waals surface area contributed by atoms with E-state index in [0.717, 1.165) is 4.48 Å². The van der Waals surface area contributed by atoms with Crippen LogP contribution in [0.3, 0.4) is 0 Å². The lowest BCUT2D eigenvalue weighted by atomic mass is 10.8. The molecule has 0 saturated carbocycles. The molecule has 0 aliphatic carbocycles. The summed E-state index contributed by atoms with van der Waals surface area (Å²) < 4.78 is 0.804. The van der Waals surface area contributed by atoms with Gasteiger partial charge in [0.15, 0.2) is 11.1 Å². The number of guanidine groups is 1. The van der Waals surface area contributed by atoms with Crippen molar-refractivity contribution in [2.45, 2.75) is 0 Å². The van der Waals surface area contributed by atoms with Gasteiger partial charge in [0.1, 0.15) is 0 Å². The number of hydrogen-bond donors (Lipinski definition) is 3. The Bertz CT molecular complexity index is 197. The van der Waals surface area contributed by atoms with E-state index in [1.165, 1.54) is 11.8 Å². The number of rotatable bonds is 2. The number of halogens is 1. The van der Waals surface area contributed by atoms with Gasteiger partial charge in [0, 0.05) is 5.75 Å². The van der Waals surface area contributed by atoms with Crippen molar-refractivity contribution in [3.63, 3.8) is 0 Å². The van der Waals surface area contributed by atoms with Crippen LogP contribution in [0.25, 0.3) is 0 Å². The van der Waals surface area contributed by atoms with Crippen molar-refractivity contribution in [1.29, 1.82) is 5.41 Å². The van der Waals surface area contributed by atoms with Gasteiger partial charge in [0.2, 0.25) is 0 Å². The minimum absolute atomic E-state index is 0.0885. The molecule has 11 heavy (non-hydrogen) atoms. The van der Waals surface area contributed by atoms with Crippen LogP contribution >= 0.6 is 27.7 Å². The topological polar surface area (TPSA) is 88.2 Å². The maximum absolute atomic E-state index is 7.17. The van der Waals surface area contributed by atoms with Gasteiger partial charge in [0.05, 0.1) is 0 Å². The highest BCUT2D eigenvalue weighted by Gasteiger charge is 1.95. The zero-order valence-electron chi connectivity index (χ0n) is 5.80. The third-order valence-electron chi connectivity index (χ3n) is 0.596. The zero-order valence-corrected chi connectivity index (χ0v) is 8.20. The van der Waals surface area contributed by atoms with E-state index in [9.17, 15) is 0 Å². The summed E-state index contributed by atoms with van der Waals surface area (Å²) in [6, 6.07) is 0. The Kier molecular flexibility index (Phi) is 4.97. The van der Waals surface area contributed by atoms with Crippen LogP contribution in [0.1, 0.15) is 0 Å². The molecule has 4 nitrogen and oxygen atoms in total. The van der Waals surface area contributed by atoms with Gasteiger partial charge in [-0.2, -0.15) is 4.99 Å². The Morgan fingerprint density at radius 3 is 2.55 bits per heavy atom. The minimum Gasteiger partial charge on any atom is -0.370 e. The van der Waals surface area contributed by atoms with Gasteiger partial charge < -0.3 is 11.5 Å². The summed E-state index contributed by atoms with van der Waals surface area (Å²) in [4.78, 5) is 3.51. The number of amidine groups is 1. The predicted octanol–water partition coefficient (Wildman–Crippen LogP) is 0.836. The van der Waals surface area contributed by atoms with Crippen LogP contribution in [-0.2, 0) is 0 Å². The van der Waals surface area contributed by atoms with Gasteiger partial charge in [-0.05, 0) is 4.48 Å². The van der Waals surface area contributed by atoms with Gasteiger partial charge in [-0.3, -0.25) is 5.41 Å². The van der Waals surface area contributed by atoms with Crippen LogP contribution in [0, 0.1) is 5.41 Å². The van der Waals surface area contributed by atoms with E-state index in [4.69, 9.17) is 16.9 Å². The maximum Gasteiger partial charge on any atom is 0.193 e. The molecule has 0 rings (SSSR count). The number of nitrogens with one attached hydrogen (secondary N) is 1. The highest BCUT2D eigenvalue weighted by Crippen LogP contribution is 2.12. The molecule has 0 aromatic rings. The van der Waals surface area contributed by atoms with E-state index in [2.05, 4.69) is 27.5 Å². The quantitative estimate of drug-likeness (QED) is 0.491.